The van der Waals surface area contributed by atoms with Crippen molar-refractivity contribution >= 4 is 23.5 Å². The lowest BCUT2D eigenvalue weighted by molar-refractivity contribution is -0.126. The molecule has 0 bridgehead atoms. The Labute approximate surface area is 157 Å². The predicted octanol–water partition coefficient (Wildman–Crippen LogP) is 2.41. The molecule has 2 N–H and O–H groups in total. The molecule has 27 heavy (non-hydrogen) atoms. The molecule has 1 atom stereocenters. The molecular formula is C21H22N2O4. The van der Waals surface area contributed by atoms with Gasteiger partial charge in [-0.05, 0) is 43.2 Å². The summed E-state index contributed by atoms with van der Waals surface area (Å²) in [5.74, 6) is -1.48. The number of carbonyl (C=O) groups excluding carboxylic acids is 2. The molecule has 6 heteroatoms. The van der Waals surface area contributed by atoms with Crippen molar-refractivity contribution in [2.45, 2.75) is 19.8 Å². The van der Waals surface area contributed by atoms with Gasteiger partial charge in [-0.3, -0.25) is 9.59 Å². The average Bonchev–Trinajstić information content (AvgIpc) is 3.04. The summed E-state index contributed by atoms with van der Waals surface area (Å²) in [6.07, 6.45) is 0.820. The molecule has 0 aromatic heterocycles. The zero-order valence-electron chi connectivity index (χ0n) is 15.1. The van der Waals surface area contributed by atoms with Crippen molar-refractivity contribution in [1.29, 1.82) is 0 Å². The minimum atomic E-state index is -0.959. The summed E-state index contributed by atoms with van der Waals surface area (Å²) in [5.41, 5.74) is 3.13. The van der Waals surface area contributed by atoms with E-state index in [9.17, 15) is 14.4 Å². The largest absolute Gasteiger partial charge is 0.478 e. The summed E-state index contributed by atoms with van der Waals surface area (Å²) < 4.78 is 0. The van der Waals surface area contributed by atoms with Crippen molar-refractivity contribution < 1.29 is 19.5 Å². The van der Waals surface area contributed by atoms with Crippen LogP contribution in [0.25, 0.3) is 0 Å². The highest BCUT2D eigenvalue weighted by atomic mass is 16.4. The first-order valence-electron chi connectivity index (χ1n) is 8.91. The minimum Gasteiger partial charge on any atom is -0.478 e. The van der Waals surface area contributed by atoms with E-state index in [4.69, 9.17) is 5.11 Å². The van der Waals surface area contributed by atoms with Gasteiger partial charge in [0.2, 0.25) is 11.8 Å². The van der Waals surface area contributed by atoms with Gasteiger partial charge in [0.15, 0.2) is 0 Å². The Hall–Kier alpha value is -3.15. The maximum atomic E-state index is 12.4. The molecule has 0 radical (unpaired) electrons. The van der Waals surface area contributed by atoms with Crippen LogP contribution in [0, 0.1) is 12.8 Å². The van der Waals surface area contributed by atoms with Crippen LogP contribution in [-0.2, 0) is 16.0 Å². The number of nitrogens with one attached hydrogen (secondary N) is 1. The zero-order valence-corrected chi connectivity index (χ0v) is 15.1. The van der Waals surface area contributed by atoms with E-state index in [2.05, 4.69) is 5.32 Å². The summed E-state index contributed by atoms with van der Waals surface area (Å²) in [5, 5.41) is 11.8. The molecule has 1 heterocycles. The molecule has 0 aliphatic carbocycles. The van der Waals surface area contributed by atoms with E-state index < -0.39 is 5.97 Å². The topological polar surface area (TPSA) is 86.7 Å². The quantitative estimate of drug-likeness (QED) is 0.822. The Morgan fingerprint density at radius 1 is 1.11 bits per heavy atom. The molecule has 2 amide bonds. The second-order valence-corrected chi connectivity index (χ2v) is 6.78. The molecular weight excluding hydrogens is 344 g/mol. The van der Waals surface area contributed by atoms with E-state index in [-0.39, 0.29) is 29.7 Å². The Balaban J connectivity index is 1.50. The molecule has 0 saturated carbocycles. The number of carboxylic acids is 1. The predicted molar refractivity (Wildman–Crippen MR) is 102 cm³/mol. The van der Waals surface area contributed by atoms with Crippen molar-refractivity contribution in [2.75, 3.05) is 18.0 Å². The van der Waals surface area contributed by atoms with Crippen LogP contribution in [0.4, 0.5) is 5.69 Å². The highest BCUT2D eigenvalue weighted by Crippen LogP contribution is 2.25. The molecule has 3 rings (SSSR count). The van der Waals surface area contributed by atoms with E-state index in [1.54, 1.807) is 29.2 Å². The first kappa shape index (κ1) is 18.6. The number of hydrogen-bond acceptors (Lipinski definition) is 3. The number of rotatable bonds is 6. The number of carbonyl (C=O) groups is 3. The van der Waals surface area contributed by atoms with E-state index in [0.717, 1.165) is 16.8 Å². The number of hydrogen-bond donors (Lipinski definition) is 2. The number of aryl methyl sites for hydroxylation is 1. The lowest BCUT2D eigenvalue weighted by Gasteiger charge is -2.17. The number of amides is 2. The lowest BCUT2D eigenvalue weighted by atomic mass is 10.1. The van der Waals surface area contributed by atoms with E-state index in [1.165, 1.54) is 0 Å². The van der Waals surface area contributed by atoms with Gasteiger partial charge in [0.05, 0.1) is 11.5 Å². The van der Waals surface area contributed by atoms with Gasteiger partial charge >= 0.3 is 5.97 Å². The maximum absolute atomic E-state index is 12.4. The normalized spacial score (nSPS) is 16.4. The van der Waals surface area contributed by atoms with Gasteiger partial charge in [-0.15, -0.1) is 0 Å². The van der Waals surface area contributed by atoms with Gasteiger partial charge in [0, 0.05) is 25.2 Å². The number of carboxylic acid groups (broad SMARTS) is 1. The molecule has 6 nitrogen and oxygen atoms in total. The number of anilines is 1. The van der Waals surface area contributed by atoms with Crippen LogP contribution in [0.1, 0.15) is 27.9 Å². The average molecular weight is 366 g/mol. The molecule has 1 unspecified atom stereocenters. The van der Waals surface area contributed by atoms with Crippen molar-refractivity contribution in [3.63, 3.8) is 0 Å². The van der Waals surface area contributed by atoms with Crippen molar-refractivity contribution in [2.24, 2.45) is 5.92 Å². The number of nitrogens with zero attached hydrogens (tertiary/aromatic N) is 1. The highest BCUT2D eigenvalue weighted by molar-refractivity contribution is 6.00. The van der Waals surface area contributed by atoms with Crippen LogP contribution in [0.2, 0.25) is 0 Å². The second kappa shape index (κ2) is 8.03. The van der Waals surface area contributed by atoms with Crippen LogP contribution in [0.15, 0.2) is 48.5 Å². The van der Waals surface area contributed by atoms with Crippen molar-refractivity contribution in [1.82, 2.24) is 5.32 Å². The first-order chi connectivity index (χ1) is 12.9. The first-order valence-corrected chi connectivity index (χ1v) is 8.91. The summed E-state index contributed by atoms with van der Waals surface area (Å²) >= 11 is 0. The van der Waals surface area contributed by atoms with Gasteiger partial charge in [0.25, 0.3) is 0 Å². The molecule has 1 fully saturated rings. The fourth-order valence-electron chi connectivity index (χ4n) is 3.15. The number of aromatic carboxylic acids is 1. The van der Waals surface area contributed by atoms with E-state index in [0.29, 0.717) is 19.5 Å². The minimum absolute atomic E-state index is 0.0386. The zero-order chi connectivity index (χ0) is 19.4. The third kappa shape index (κ3) is 4.53. The molecule has 0 spiro atoms. The standard InChI is InChI=1S/C21H22N2O4/c1-14-2-8-18(9-3-14)23-13-17(12-19(23)24)20(25)22-11-10-15-4-6-16(7-5-15)21(26)27/h2-9,17H,10-13H2,1H3,(H,22,25)(H,26,27). The van der Waals surface area contributed by atoms with Crippen LogP contribution in [-0.4, -0.2) is 36.0 Å². The molecule has 2 aromatic rings. The van der Waals surface area contributed by atoms with Crippen molar-refractivity contribution in [3.05, 3.63) is 65.2 Å². The van der Waals surface area contributed by atoms with Gasteiger partial charge in [-0.1, -0.05) is 29.8 Å². The second-order valence-electron chi connectivity index (χ2n) is 6.78. The van der Waals surface area contributed by atoms with E-state index >= 15 is 0 Å². The Morgan fingerprint density at radius 2 is 1.78 bits per heavy atom. The summed E-state index contributed by atoms with van der Waals surface area (Å²) in [6.45, 7) is 2.82. The number of benzene rings is 2. The monoisotopic (exact) mass is 366 g/mol. The van der Waals surface area contributed by atoms with Crippen LogP contribution >= 0.6 is 0 Å². The third-order valence-electron chi connectivity index (χ3n) is 4.76. The Morgan fingerprint density at radius 3 is 2.41 bits per heavy atom. The fraction of sp³-hybridized carbons (Fsp3) is 0.286. The fourth-order valence-corrected chi connectivity index (χ4v) is 3.15. The SMILES string of the molecule is Cc1ccc(N2CC(C(=O)NCCc3ccc(C(=O)O)cc3)CC2=O)cc1. The van der Waals surface area contributed by atoms with Crippen LogP contribution in [0.5, 0.6) is 0 Å². The Bertz CT molecular complexity index is 843. The van der Waals surface area contributed by atoms with Gasteiger partial charge in [0.1, 0.15) is 0 Å². The van der Waals surface area contributed by atoms with E-state index in [1.807, 2.05) is 31.2 Å². The van der Waals surface area contributed by atoms with Crippen molar-refractivity contribution in [3.8, 4) is 0 Å². The Kier molecular flexibility index (Phi) is 5.54. The smallest absolute Gasteiger partial charge is 0.335 e. The van der Waals surface area contributed by atoms with Gasteiger partial charge < -0.3 is 15.3 Å². The van der Waals surface area contributed by atoms with Crippen LogP contribution in [0.3, 0.4) is 0 Å². The summed E-state index contributed by atoms with van der Waals surface area (Å²) in [6, 6.07) is 14.3. The van der Waals surface area contributed by atoms with Gasteiger partial charge in [-0.25, -0.2) is 4.79 Å². The molecule has 1 saturated heterocycles. The third-order valence-corrected chi connectivity index (χ3v) is 4.76. The van der Waals surface area contributed by atoms with Crippen LogP contribution < -0.4 is 10.2 Å². The summed E-state index contributed by atoms with van der Waals surface area (Å²) in [4.78, 5) is 37.1. The molecule has 1 aliphatic rings. The lowest BCUT2D eigenvalue weighted by Crippen LogP contribution is -2.34. The van der Waals surface area contributed by atoms with Gasteiger partial charge in [-0.2, -0.15) is 0 Å². The summed E-state index contributed by atoms with van der Waals surface area (Å²) in [7, 11) is 0. The molecule has 1 aliphatic heterocycles. The highest BCUT2D eigenvalue weighted by Gasteiger charge is 2.34. The molecule has 2 aromatic carbocycles. The maximum Gasteiger partial charge on any atom is 0.335 e. The molecule has 140 valence electrons.